The lowest BCUT2D eigenvalue weighted by Gasteiger charge is -2.27. The summed E-state index contributed by atoms with van der Waals surface area (Å²) in [6, 6.07) is 6.47. The summed E-state index contributed by atoms with van der Waals surface area (Å²) in [7, 11) is 3.34. The molecule has 3 aromatic heterocycles. The number of rotatable bonds is 6. The van der Waals surface area contributed by atoms with Crippen LogP contribution in [0.15, 0.2) is 30.6 Å². The van der Waals surface area contributed by atoms with Gasteiger partial charge in [0.1, 0.15) is 28.3 Å². The van der Waals surface area contributed by atoms with Crippen LogP contribution < -0.4 is 9.64 Å². The van der Waals surface area contributed by atoms with E-state index in [0.717, 1.165) is 17.2 Å². The third kappa shape index (κ3) is 4.39. The Balaban J connectivity index is 1.99. The summed E-state index contributed by atoms with van der Waals surface area (Å²) in [6.45, 7) is 7.86. The van der Waals surface area contributed by atoms with Crippen LogP contribution in [0.3, 0.4) is 0 Å². The molecule has 1 amide bonds. The Morgan fingerprint density at radius 3 is 2.63 bits per heavy atom. The van der Waals surface area contributed by atoms with E-state index in [0.29, 0.717) is 40.5 Å². The first-order chi connectivity index (χ1) is 16.6. The van der Waals surface area contributed by atoms with Crippen molar-refractivity contribution in [1.82, 2.24) is 19.1 Å². The van der Waals surface area contributed by atoms with Crippen molar-refractivity contribution in [1.29, 1.82) is 0 Å². The van der Waals surface area contributed by atoms with Gasteiger partial charge in [-0.25, -0.2) is 14.8 Å². The van der Waals surface area contributed by atoms with Crippen LogP contribution in [0.1, 0.15) is 43.7 Å². The highest BCUT2D eigenvalue weighted by Crippen LogP contribution is 2.35. The van der Waals surface area contributed by atoms with E-state index in [4.69, 9.17) is 14.5 Å². The maximum absolute atomic E-state index is 13.5. The second-order valence-corrected chi connectivity index (χ2v) is 9.22. The van der Waals surface area contributed by atoms with E-state index >= 15 is 0 Å². The number of anilines is 1. The Morgan fingerprint density at radius 2 is 2.00 bits per heavy atom. The summed E-state index contributed by atoms with van der Waals surface area (Å²) in [6.07, 6.45) is 1.82. The van der Waals surface area contributed by atoms with Crippen LogP contribution >= 0.6 is 0 Å². The summed E-state index contributed by atoms with van der Waals surface area (Å²) in [5.41, 5.74) is 2.17. The number of imidazole rings is 1. The highest BCUT2D eigenvalue weighted by molar-refractivity contribution is 6.10. The van der Waals surface area contributed by atoms with E-state index in [1.165, 1.54) is 24.1 Å². The zero-order valence-electron chi connectivity index (χ0n) is 20.7. The second kappa shape index (κ2) is 8.94. The number of methoxy groups -OCH3 is 1. The van der Waals surface area contributed by atoms with Gasteiger partial charge >= 0.3 is 6.09 Å². The lowest BCUT2D eigenvalue weighted by atomic mass is 10.1. The zero-order valence-corrected chi connectivity index (χ0v) is 20.7. The molecule has 1 aromatic carbocycles. The van der Waals surface area contributed by atoms with Gasteiger partial charge in [-0.3, -0.25) is 9.69 Å². The first-order valence-corrected chi connectivity index (χ1v) is 11.2. The molecule has 184 valence electrons. The molecule has 0 unspecified atom stereocenters. The number of aryl methyl sites for hydroxylation is 2. The van der Waals surface area contributed by atoms with Crippen molar-refractivity contribution in [2.45, 2.75) is 46.4 Å². The zero-order chi connectivity index (χ0) is 25.5. The molecule has 4 rings (SSSR count). The number of aromatic hydroxyl groups is 1. The molecule has 1 N–H and O–H groups in total. The van der Waals surface area contributed by atoms with Gasteiger partial charge in [-0.05, 0) is 45.9 Å². The SMILES string of the molecule is CCn1c(C=O)cc2c3c(ncn3C)c(N(Cc3ccc(O)cc3OC)C(=O)OC(C)(C)C)nc21. The largest absolute Gasteiger partial charge is 0.508 e. The lowest BCUT2D eigenvalue weighted by Crippen LogP contribution is -2.37. The lowest BCUT2D eigenvalue weighted by molar-refractivity contribution is 0.0576. The van der Waals surface area contributed by atoms with Gasteiger partial charge in [-0.1, -0.05) is 0 Å². The number of ether oxygens (including phenoxy) is 2. The number of hydrogen-bond donors (Lipinski definition) is 1. The number of aromatic nitrogens is 4. The number of fused-ring (bicyclic) bond motifs is 3. The van der Waals surface area contributed by atoms with Crippen LogP contribution in [0, 0.1) is 0 Å². The van der Waals surface area contributed by atoms with E-state index in [-0.39, 0.29) is 12.3 Å². The number of carbonyl (C=O) groups is 2. The molecular formula is C25H29N5O5. The predicted octanol–water partition coefficient (Wildman–Crippen LogP) is 4.41. The molecule has 4 aromatic rings. The fraction of sp³-hybridized carbons (Fsp3) is 0.360. The van der Waals surface area contributed by atoms with Gasteiger partial charge in [0.2, 0.25) is 0 Å². The molecule has 0 saturated carbocycles. The van der Waals surface area contributed by atoms with Crippen molar-refractivity contribution < 1.29 is 24.2 Å². The number of amides is 1. The number of carbonyl (C=O) groups excluding carboxylic acids is 2. The molecule has 10 heteroatoms. The van der Waals surface area contributed by atoms with Gasteiger partial charge < -0.3 is 23.7 Å². The monoisotopic (exact) mass is 479 g/mol. The van der Waals surface area contributed by atoms with E-state index in [1.54, 1.807) is 43.8 Å². The minimum Gasteiger partial charge on any atom is -0.508 e. The van der Waals surface area contributed by atoms with E-state index < -0.39 is 11.7 Å². The number of pyridine rings is 1. The van der Waals surface area contributed by atoms with Crippen LogP contribution in [-0.2, 0) is 24.9 Å². The quantitative estimate of drug-likeness (QED) is 0.408. The maximum Gasteiger partial charge on any atom is 0.416 e. The Hall–Kier alpha value is -4.08. The molecule has 0 atom stereocenters. The van der Waals surface area contributed by atoms with E-state index in [9.17, 15) is 14.7 Å². The van der Waals surface area contributed by atoms with Crippen molar-refractivity contribution in [3.63, 3.8) is 0 Å². The topological polar surface area (TPSA) is 112 Å². The summed E-state index contributed by atoms with van der Waals surface area (Å²) in [5, 5.41) is 10.6. The van der Waals surface area contributed by atoms with Crippen LogP contribution in [0.5, 0.6) is 11.5 Å². The Kier molecular flexibility index (Phi) is 6.14. The highest BCUT2D eigenvalue weighted by Gasteiger charge is 2.30. The number of nitrogens with zero attached hydrogens (tertiary/aromatic N) is 5. The maximum atomic E-state index is 13.5. The summed E-state index contributed by atoms with van der Waals surface area (Å²) in [4.78, 5) is 36.0. The minimum atomic E-state index is -0.754. The fourth-order valence-electron chi connectivity index (χ4n) is 4.11. The highest BCUT2D eigenvalue weighted by atomic mass is 16.6. The molecule has 3 heterocycles. The van der Waals surface area contributed by atoms with E-state index in [2.05, 4.69) is 4.98 Å². The van der Waals surface area contributed by atoms with E-state index in [1.807, 2.05) is 18.5 Å². The number of phenols is 1. The average molecular weight is 480 g/mol. The van der Waals surface area contributed by atoms with Crippen molar-refractivity contribution in [3.05, 3.63) is 41.9 Å². The van der Waals surface area contributed by atoms with Crippen LogP contribution in [0.25, 0.3) is 22.1 Å². The van der Waals surface area contributed by atoms with Crippen molar-refractivity contribution in [2.24, 2.45) is 7.05 Å². The number of hydrogen-bond acceptors (Lipinski definition) is 7. The molecule has 0 radical (unpaired) electrons. The first-order valence-electron chi connectivity index (χ1n) is 11.2. The number of phenolic OH excluding ortho intramolecular Hbond substituents is 1. The Labute approximate surface area is 202 Å². The molecule has 0 fully saturated rings. The third-order valence-corrected chi connectivity index (χ3v) is 5.62. The summed E-state index contributed by atoms with van der Waals surface area (Å²) < 4.78 is 14.8. The fourth-order valence-corrected chi connectivity index (χ4v) is 4.11. The number of aldehydes is 1. The van der Waals surface area contributed by atoms with Crippen molar-refractivity contribution in [3.8, 4) is 11.5 Å². The summed E-state index contributed by atoms with van der Waals surface area (Å²) >= 11 is 0. The molecule has 0 spiro atoms. The smallest absolute Gasteiger partial charge is 0.416 e. The third-order valence-electron chi connectivity index (χ3n) is 5.62. The molecule has 35 heavy (non-hydrogen) atoms. The predicted molar refractivity (Wildman–Crippen MR) is 132 cm³/mol. The van der Waals surface area contributed by atoms with Gasteiger partial charge in [0.25, 0.3) is 0 Å². The molecule has 0 bridgehead atoms. The number of benzene rings is 1. The van der Waals surface area contributed by atoms with Gasteiger partial charge in [-0.15, -0.1) is 0 Å². The molecule has 0 saturated heterocycles. The molecule has 0 aliphatic carbocycles. The molecule has 0 aliphatic heterocycles. The first kappa shape index (κ1) is 24.1. The van der Waals surface area contributed by atoms with Crippen molar-refractivity contribution >= 4 is 40.3 Å². The Morgan fingerprint density at radius 1 is 1.26 bits per heavy atom. The van der Waals surface area contributed by atoms with Gasteiger partial charge in [0, 0.05) is 30.6 Å². The minimum absolute atomic E-state index is 0.0447. The van der Waals surface area contributed by atoms with Crippen LogP contribution in [0.2, 0.25) is 0 Å². The standard InChI is InChI=1S/C25H29N5O5/c1-7-29-16(13-31)10-18-21-20(26-14-28(21)5)23(27-22(18)29)30(24(33)35-25(2,3)4)12-15-8-9-17(32)11-19(15)34-6/h8-11,13-14,32H,7,12H2,1-6H3. The van der Waals surface area contributed by atoms with Gasteiger partial charge in [-0.2, -0.15) is 0 Å². The van der Waals surface area contributed by atoms with Gasteiger partial charge in [0.05, 0.1) is 31.2 Å². The van der Waals surface area contributed by atoms with Crippen molar-refractivity contribution in [2.75, 3.05) is 12.0 Å². The normalized spacial score (nSPS) is 11.7. The van der Waals surface area contributed by atoms with Crippen LogP contribution in [0.4, 0.5) is 10.6 Å². The average Bonchev–Trinajstić information content (AvgIpc) is 3.36. The van der Waals surface area contributed by atoms with Crippen LogP contribution in [-0.4, -0.2) is 49.3 Å². The van der Waals surface area contributed by atoms with Gasteiger partial charge in [0.15, 0.2) is 12.1 Å². The molecular weight excluding hydrogens is 450 g/mol. The Bertz CT molecular complexity index is 1430. The molecule has 0 aliphatic rings. The summed E-state index contributed by atoms with van der Waals surface area (Å²) in [5.74, 6) is 0.753. The second-order valence-electron chi connectivity index (χ2n) is 9.22. The molecule has 10 nitrogen and oxygen atoms in total.